The fourth-order valence-electron chi connectivity index (χ4n) is 7.79. The summed E-state index contributed by atoms with van der Waals surface area (Å²) < 4.78 is 19.3. The number of amides is 1. The predicted octanol–water partition coefficient (Wildman–Crippen LogP) is 7.13. The third-order valence-corrected chi connectivity index (χ3v) is 10.6. The minimum Gasteiger partial charge on any atom is -0.493 e. The summed E-state index contributed by atoms with van der Waals surface area (Å²) in [6, 6.07) is 8.96. The summed E-state index contributed by atoms with van der Waals surface area (Å²) in [6.45, 7) is 13.2. The fourth-order valence-corrected chi connectivity index (χ4v) is 7.79. The zero-order valence-electron chi connectivity index (χ0n) is 29.2. The van der Waals surface area contributed by atoms with E-state index in [1.54, 1.807) is 12.3 Å². The summed E-state index contributed by atoms with van der Waals surface area (Å²) in [4.78, 5) is 24.7. The highest BCUT2D eigenvalue weighted by Gasteiger charge is 2.36. The molecular weight excluding hydrogens is 588 g/mol. The van der Waals surface area contributed by atoms with Crippen molar-refractivity contribution >= 4 is 23.4 Å². The average Bonchev–Trinajstić information content (AvgIpc) is 3.40. The number of carbonyl (C=O) groups excluding carboxylic acids is 1. The van der Waals surface area contributed by atoms with E-state index < -0.39 is 5.63 Å². The van der Waals surface area contributed by atoms with Crippen LogP contribution in [0.4, 0.5) is 5.69 Å². The number of hydrogen-bond donors (Lipinski definition) is 1. The van der Waals surface area contributed by atoms with Gasteiger partial charge >= 0.3 is 5.63 Å². The van der Waals surface area contributed by atoms with Crippen molar-refractivity contribution in [2.45, 2.75) is 112 Å². The quantitative estimate of drug-likeness (QED) is 0.141. The molecule has 7 heteroatoms. The van der Waals surface area contributed by atoms with E-state index in [9.17, 15) is 9.59 Å². The average molecular weight is 644 g/mol. The summed E-state index contributed by atoms with van der Waals surface area (Å²) >= 11 is 0. The molecule has 3 aromatic heterocycles. The van der Waals surface area contributed by atoms with Gasteiger partial charge in [0.15, 0.2) is 24.4 Å². The Bertz CT molecular complexity index is 1650. The Labute approximate surface area is 280 Å². The maximum Gasteiger partial charge on any atom is 0.336 e. The van der Waals surface area contributed by atoms with Crippen LogP contribution in [-0.2, 0) is 22.5 Å². The number of nitrogens with zero attached hydrogens (tertiary/aromatic N) is 1. The molecule has 0 spiro atoms. The fraction of sp³-hybridized carbons (Fsp3) is 0.575. The number of aryl methyl sites for hydroxylation is 1. The number of furan rings is 1. The van der Waals surface area contributed by atoms with E-state index in [-0.39, 0.29) is 5.91 Å². The van der Waals surface area contributed by atoms with E-state index in [2.05, 4.69) is 44.5 Å². The largest absolute Gasteiger partial charge is 0.493 e. The van der Waals surface area contributed by atoms with Crippen molar-refractivity contribution in [1.82, 2.24) is 0 Å². The van der Waals surface area contributed by atoms with Gasteiger partial charge in [0.2, 0.25) is 5.91 Å². The lowest BCUT2D eigenvalue weighted by atomic mass is 9.62. The third-order valence-electron chi connectivity index (χ3n) is 10.6. The Balaban J connectivity index is 0.996. The SMILES string of the molecule is CC(CCC[C@@H](C)CCC1C(C)CCCC1(C)C)CC(=O)Nc1cc[n+](CCCOC2=c3oc(=O)ccc3=Cc3ccoc3C2)cc1. The van der Waals surface area contributed by atoms with E-state index in [1.165, 1.54) is 51.0 Å². The number of nitrogens with one attached hydrogen (secondary N) is 1. The number of aromatic nitrogens is 1. The van der Waals surface area contributed by atoms with Gasteiger partial charge in [-0.3, -0.25) is 4.79 Å². The van der Waals surface area contributed by atoms with Crippen molar-refractivity contribution in [2.75, 3.05) is 11.9 Å². The minimum absolute atomic E-state index is 0.0783. The van der Waals surface area contributed by atoms with Crippen LogP contribution in [-0.4, -0.2) is 12.5 Å². The standard InChI is InChI=1S/C40H54N2O5/c1-28(12-14-34-30(3)11-7-19-40(34,4)5)9-6-10-29(2)25-37(43)41-33-16-21-42(22-17-33)20-8-23-45-36-27-35-31(18-24-46-35)26-32-13-15-38(44)47-39(32)36/h13,15-18,21-22,24,26,28-30,34H,6-12,14,19-20,23,25,27H2,1-5H3/p+1/t28-,29?,30?,34?/m1/s1. The number of anilines is 1. The van der Waals surface area contributed by atoms with Gasteiger partial charge in [0, 0.05) is 41.8 Å². The summed E-state index contributed by atoms with van der Waals surface area (Å²) in [7, 11) is 0. The van der Waals surface area contributed by atoms with Gasteiger partial charge in [-0.15, -0.1) is 0 Å². The molecule has 0 saturated heterocycles. The van der Waals surface area contributed by atoms with Crippen LogP contribution >= 0.6 is 0 Å². The topological polar surface area (TPSA) is 85.6 Å². The lowest BCUT2D eigenvalue weighted by Gasteiger charge is -2.43. The van der Waals surface area contributed by atoms with Crippen LogP contribution in [0, 0.1) is 29.1 Å². The Morgan fingerprint density at radius 1 is 1.06 bits per heavy atom. The number of pyridine rings is 1. The van der Waals surface area contributed by atoms with Gasteiger partial charge in [-0.1, -0.05) is 73.1 Å². The highest BCUT2D eigenvalue weighted by molar-refractivity contribution is 5.90. The Hall–Kier alpha value is -3.61. The van der Waals surface area contributed by atoms with Gasteiger partial charge in [0.25, 0.3) is 0 Å². The lowest BCUT2D eigenvalue weighted by Crippen LogP contribution is -2.34. The number of ether oxygens (including phenoxy) is 1. The molecule has 3 aromatic rings. The number of hydrogen-bond acceptors (Lipinski definition) is 5. The van der Waals surface area contributed by atoms with Crippen molar-refractivity contribution in [3.63, 3.8) is 0 Å². The molecule has 0 bridgehead atoms. The van der Waals surface area contributed by atoms with Crippen LogP contribution < -0.4 is 26.1 Å². The van der Waals surface area contributed by atoms with Crippen LogP contribution in [0.25, 0.3) is 11.8 Å². The molecule has 3 heterocycles. The van der Waals surface area contributed by atoms with E-state index in [0.29, 0.717) is 42.0 Å². The normalized spacial score (nSPS) is 19.9. The van der Waals surface area contributed by atoms with Crippen LogP contribution in [0.15, 0.2) is 62.6 Å². The first kappa shape index (κ1) is 34.7. The zero-order chi connectivity index (χ0) is 33.4. The van der Waals surface area contributed by atoms with Crippen LogP contribution in [0.3, 0.4) is 0 Å². The van der Waals surface area contributed by atoms with Gasteiger partial charge in [-0.25, -0.2) is 9.36 Å². The van der Waals surface area contributed by atoms with E-state index in [0.717, 1.165) is 59.4 Å². The summed E-state index contributed by atoms with van der Waals surface area (Å²) in [5.74, 6) is 4.30. The molecular formula is C40H55N2O5+. The molecule has 3 unspecified atom stereocenters. The smallest absolute Gasteiger partial charge is 0.336 e. The molecule has 0 aromatic carbocycles. The van der Waals surface area contributed by atoms with Gasteiger partial charge in [0.05, 0.1) is 25.0 Å². The summed E-state index contributed by atoms with van der Waals surface area (Å²) in [5, 5.41) is 3.88. The zero-order valence-corrected chi connectivity index (χ0v) is 29.2. The molecule has 0 radical (unpaired) electrons. The molecule has 4 atom stereocenters. The Morgan fingerprint density at radius 3 is 2.64 bits per heavy atom. The maximum absolute atomic E-state index is 12.8. The molecule has 1 N–H and O–H groups in total. The van der Waals surface area contributed by atoms with Crippen molar-refractivity contribution in [3.05, 3.63) is 81.4 Å². The summed E-state index contributed by atoms with van der Waals surface area (Å²) in [5.41, 5.74) is 2.32. The van der Waals surface area contributed by atoms with Crippen molar-refractivity contribution < 1.29 is 22.9 Å². The van der Waals surface area contributed by atoms with Crippen molar-refractivity contribution in [1.29, 1.82) is 0 Å². The van der Waals surface area contributed by atoms with Crippen molar-refractivity contribution in [3.8, 4) is 0 Å². The number of rotatable bonds is 15. The number of fused-ring (bicyclic) bond motifs is 2. The molecule has 2 aliphatic carbocycles. The number of carbonyl (C=O) groups is 1. The van der Waals surface area contributed by atoms with Gasteiger partial charge in [-0.05, 0) is 60.1 Å². The molecule has 254 valence electrons. The molecule has 1 fully saturated rings. The Kier molecular flexibility index (Phi) is 11.8. The first-order valence-electron chi connectivity index (χ1n) is 17.9. The monoisotopic (exact) mass is 643 g/mol. The minimum atomic E-state index is -0.405. The molecule has 5 rings (SSSR count). The van der Waals surface area contributed by atoms with E-state index in [1.807, 2.05) is 36.7 Å². The second-order valence-corrected chi connectivity index (χ2v) is 15.0. The highest BCUT2D eigenvalue weighted by atomic mass is 16.5. The van der Waals surface area contributed by atoms with Crippen molar-refractivity contribution in [2.24, 2.45) is 29.1 Å². The lowest BCUT2D eigenvalue weighted by molar-refractivity contribution is -0.697. The molecule has 0 aliphatic heterocycles. The Morgan fingerprint density at radius 2 is 1.85 bits per heavy atom. The van der Waals surface area contributed by atoms with E-state index in [4.69, 9.17) is 13.6 Å². The first-order valence-corrected chi connectivity index (χ1v) is 17.9. The summed E-state index contributed by atoms with van der Waals surface area (Å²) in [6.07, 6.45) is 19.7. The molecule has 1 saturated carbocycles. The van der Waals surface area contributed by atoms with Crippen LogP contribution in [0.5, 0.6) is 0 Å². The predicted molar refractivity (Wildman–Crippen MR) is 186 cm³/mol. The first-order chi connectivity index (χ1) is 22.6. The van der Waals surface area contributed by atoms with Gasteiger partial charge < -0.3 is 18.9 Å². The molecule has 47 heavy (non-hydrogen) atoms. The maximum atomic E-state index is 12.8. The van der Waals surface area contributed by atoms with Gasteiger partial charge in [0.1, 0.15) is 11.5 Å². The highest BCUT2D eigenvalue weighted by Crippen LogP contribution is 2.46. The molecule has 1 amide bonds. The second-order valence-electron chi connectivity index (χ2n) is 15.0. The second kappa shape index (κ2) is 16.0. The van der Waals surface area contributed by atoms with Crippen LogP contribution in [0.1, 0.15) is 110 Å². The van der Waals surface area contributed by atoms with Gasteiger partial charge in [-0.2, -0.15) is 0 Å². The molecule has 7 nitrogen and oxygen atoms in total. The molecule has 2 aliphatic rings. The van der Waals surface area contributed by atoms with Crippen LogP contribution in [0.2, 0.25) is 0 Å². The third kappa shape index (κ3) is 9.71. The van der Waals surface area contributed by atoms with E-state index >= 15 is 0 Å².